The van der Waals surface area contributed by atoms with Crippen molar-refractivity contribution in [3.63, 3.8) is 0 Å². The molecule has 30 heavy (non-hydrogen) atoms. The Balaban J connectivity index is 1.24. The minimum atomic E-state index is -0.885. The number of nitrogens with two attached hydrogens (primary N) is 1. The van der Waals surface area contributed by atoms with E-state index in [9.17, 15) is 9.59 Å². The summed E-state index contributed by atoms with van der Waals surface area (Å²) in [5, 5.41) is 0. The summed E-state index contributed by atoms with van der Waals surface area (Å²) in [5.41, 5.74) is 10.8. The van der Waals surface area contributed by atoms with Gasteiger partial charge in [0.15, 0.2) is 0 Å². The Kier molecular flexibility index (Phi) is 4.77. The molecule has 2 fully saturated rings. The van der Waals surface area contributed by atoms with Gasteiger partial charge in [-0.2, -0.15) is 0 Å². The SMILES string of the molecule is NC1(C(=O)N2CCN(C(=O)c3ccc(-c4ccc5ncsc5c4)cc3)CC2)COC1. The van der Waals surface area contributed by atoms with E-state index in [-0.39, 0.29) is 25.0 Å². The minimum absolute atomic E-state index is 0.0130. The second kappa shape index (κ2) is 7.46. The molecule has 0 spiro atoms. The smallest absolute Gasteiger partial charge is 0.253 e. The zero-order valence-electron chi connectivity index (χ0n) is 16.4. The van der Waals surface area contributed by atoms with Gasteiger partial charge >= 0.3 is 0 Å². The number of aromatic nitrogens is 1. The number of amides is 2. The van der Waals surface area contributed by atoms with Gasteiger partial charge in [0.25, 0.3) is 5.91 Å². The van der Waals surface area contributed by atoms with E-state index in [1.165, 1.54) is 0 Å². The lowest BCUT2D eigenvalue weighted by Gasteiger charge is -2.43. The average molecular weight is 423 g/mol. The molecule has 0 bridgehead atoms. The van der Waals surface area contributed by atoms with Crippen LogP contribution in [0.15, 0.2) is 48.0 Å². The lowest BCUT2D eigenvalue weighted by molar-refractivity contribution is -0.155. The van der Waals surface area contributed by atoms with Crippen molar-refractivity contribution in [2.24, 2.45) is 5.73 Å². The molecule has 5 rings (SSSR count). The molecule has 1 aromatic heterocycles. The highest BCUT2D eigenvalue weighted by molar-refractivity contribution is 7.16. The fourth-order valence-electron chi connectivity index (χ4n) is 3.90. The van der Waals surface area contributed by atoms with E-state index in [1.807, 2.05) is 41.9 Å². The van der Waals surface area contributed by atoms with Crippen LogP contribution in [0.5, 0.6) is 0 Å². The molecule has 2 saturated heterocycles. The molecular weight excluding hydrogens is 400 g/mol. The molecule has 0 unspecified atom stereocenters. The molecule has 154 valence electrons. The van der Waals surface area contributed by atoms with E-state index >= 15 is 0 Å². The first-order chi connectivity index (χ1) is 14.5. The highest BCUT2D eigenvalue weighted by atomic mass is 32.1. The second-order valence-corrected chi connectivity index (χ2v) is 8.73. The summed E-state index contributed by atoms with van der Waals surface area (Å²) in [6, 6.07) is 13.9. The summed E-state index contributed by atoms with van der Waals surface area (Å²) in [6.45, 7) is 2.55. The summed E-state index contributed by atoms with van der Waals surface area (Å²) in [4.78, 5) is 33.2. The normalized spacial score (nSPS) is 18.3. The number of ether oxygens (including phenoxy) is 1. The summed E-state index contributed by atoms with van der Waals surface area (Å²) in [5.74, 6) is -0.0934. The number of nitrogens with zero attached hydrogens (tertiary/aromatic N) is 3. The van der Waals surface area contributed by atoms with Crippen molar-refractivity contribution < 1.29 is 14.3 Å². The molecule has 0 aliphatic carbocycles. The van der Waals surface area contributed by atoms with Crippen LogP contribution in [0.1, 0.15) is 10.4 Å². The standard InChI is InChI=1S/C22H22N4O3S/c23-22(12-29-13-22)21(28)26-9-7-25(8-10-26)20(27)16-3-1-15(2-4-16)17-5-6-18-19(11-17)30-14-24-18/h1-6,11,14H,7-10,12-13,23H2. The molecule has 0 saturated carbocycles. The van der Waals surface area contributed by atoms with Crippen molar-refractivity contribution >= 4 is 33.4 Å². The predicted molar refractivity (Wildman–Crippen MR) is 115 cm³/mol. The van der Waals surface area contributed by atoms with Crippen molar-refractivity contribution in [1.29, 1.82) is 0 Å². The second-order valence-electron chi connectivity index (χ2n) is 7.85. The van der Waals surface area contributed by atoms with Gasteiger partial charge in [-0.1, -0.05) is 18.2 Å². The summed E-state index contributed by atoms with van der Waals surface area (Å²) in [6.07, 6.45) is 0. The molecule has 0 atom stereocenters. The maximum Gasteiger partial charge on any atom is 0.253 e. The van der Waals surface area contributed by atoms with Crippen LogP contribution in [0.3, 0.4) is 0 Å². The zero-order chi connectivity index (χ0) is 20.7. The summed E-state index contributed by atoms with van der Waals surface area (Å²) < 4.78 is 6.23. The number of benzene rings is 2. The fraction of sp³-hybridized carbons (Fsp3) is 0.318. The van der Waals surface area contributed by atoms with Crippen molar-refractivity contribution in [3.05, 3.63) is 53.5 Å². The molecule has 2 amide bonds. The van der Waals surface area contributed by atoms with Gasteiger partial charge in [-0.05, 0) is 35.4 Å². The monoisotopic (exact) mass is 422 g/mol. The molecular formula is C22H22N4O3S. The Morgan fingerprint density at radius 2 is 1.63 bits per heavy atom. The molecule has 3 aromatic rings. The van der Waals surface area contributed by atoms with Gasteiger partial charge < -0.3 is 20.3 Å². The molecule has 8 heteroatoms. The van der Waals surface area contributed by atoms with E-state index in [1.54, 1.807) is 21.1 Å². The van der Waals surface area contributed by atoms with Crippen LogP contribution in [-0.2, 0) is 9.53 Å². The van der Waals surface area contributed by atoms with Crippen LogP contribution in [-0.4, -0.2) is 71.5 Å². The Morgan fingerprint density at radius 3 is 2.30 bits per heavy atom. The Labute approximate surface area is 178 Å². The van der Waals surface area contributed by atoms with Gasteiger partial charge in [0.1, 0.15) is 5.54 Å². The van der Waals surface area contributed by atoms with Crippen LogP contribution in [0, 0.1) is 0 Å². The number of thiazole rings is 1. The maximum atomic E-state index is 12.9. The van der Waals surface area contributed by atoms with Crippen molar-refractivity contribution in [2.75, 3.05) is 39.4 Å². The zero-order valence-corrected chi connectivity index (χ0v) is 17.2. The minimum Gasteiger partial charge on any atom is -0.376 e. The van der Waals surface area contributed by atoms with Crippen molar-refractivity contribution in [3.8, 4) is 11.1 Å². The summed E-state index contributed by atoms with van der Waals surface area (Å²) in [7, 11) is 0. The first kappa shape index (κ1) is 19.2. The molecule has 2 aromatic carbocycles. The van der Waals surface area contributed by atoms with Crippen molar-refractivity contribution in [2.45, 2.75) is 5.54 Å². The number of hydrogen-bond acceptors (Lipinski definition) is 6. The highest BCUT2D eigenvalue weighted by Crippen LogP contribution is 2.27. The highest BCUT2D eigenvalue weighted by Gasteiger charge is 2.45. The third-order valence-corrected chi connectivity index (χ3v) is 6.59. The van der Waals surface area contributed by atoms with Gasteiger partial charge in [-0.25, -0.2) is 4.98 Å². The van der Waals surface area contributed by atoms with Crippen LogP contribution in [0.4, 0.5) is 0 Å². The van der Waals surface area contributed by atoms with Gasteiger partial charge in [0, 0.05) is 31.7 Å². The van der Waals surface area contributed by atoms with E-state index in [4.69, 9.17) is 10.5 Å². The third-order valence-electron chi connectivity index (χ3n) is 5.80. The quantitative estimate of drug-likeness (QED) is 0.697. The summed E-state index contributed by atoms with van der Waals surface area (Å²) >= 11 is 1.62. The van der Waals surface area contributed by atoms with Crippen LogP contribution >= 0.6 is 11.3 Å². The molecule has 0 radical (unpaired) electrons. The average Bonchev–Trinajstić information content (AvgIpc) is 3.24. The van der Waals surface area contributed by atoms with Gasteiger partial charge in [-0.15, -0.1) is 11.3 Å². The predicted octanol–water partition coefficient (Wildman–Crippen LogP) is 1.98. The number of piperazine rings is 1. The lowest BCUT2D eigenvalue weighted by Crippen LogP contribution is -2.68. The third kappa shape index (κ3) is 3.36. The van der Waals surface area contributed by atoms with Gasteiger partial charge in [-0.3, -0.25) is 9.59 Å². The lowest BCUT2D eigenvalue weighted by atomic mass is 9.96. The number of rotatable bonds is 3. The molecule has 2 aliphatic rings. The van der Waals surface area contributed by atoms with E-state index in [0.29, 0.717) is 31.7 Å². The van der Waals surface area contributed by atoms with E-state index in [0.717, 1.165) is 21.3 Å². The molecule has 3 heterocycles. The Bertz CT molecular complexity index is 1100. The van der Waals surface area contributed by atoms with Gasteiger partial charge in [0.05, 0.1) is 28.9 Å². The van der Waals surface area contributed by atoms with E-state index in [2.05, 4.69) is 11.1 Å². The number of carbonyl (C=O) groups excluding carboxylic acids is 2. The fourth-order valence-corrected chi connectivity index (χ4v) is 4.61. The largest absolute Gasteiger partial charge is 0.376 e. The van der Waals surface area contributed by atoms with Crippen LogP contribution < -0.4 is 5.73 Å². The molecule has 2 N–H and O–H groups in total. The molecule has 2 aliphatic heterocycles. The number of hydrogen-bond donors (Lipinski definition) is 1. The Morgan fingerprint density at radius 1 is 0.967 bits per heavy atom. The van der Waals surface area contributed by atoms with E-state index < -0.39 is 5.54 Å². The van der Waals surface area contributed by atoms with Crippen LogP contribution in [0.25, 0.3) is 21.3 Å². The number of carbonyl (C=O) groups is 2. The van der Waals surface area contributed by atoms with Gasteiger partial charge in [0.2, 0.25) is 5.91 Å². The molecule has 7 nitrogen and oxygen atoms in total. The number of fused-ring (bicyclic) bond motifs is 1. The maximum absolute atomic E-state index is 12.9. The van der Waals surface area contributed by atoms with Crippen LogP contribution in [0.2, 0.25) is 0 Å². The first-order valence-corrected chi connectivity index (χ1v) is 10.8. The topological polar surface area (TPSA) is 88.8 Å². The Hall–Kier alpha value is -2.81. The first-order valence-electron chi connectivity index (χ1n) is 9.92. The van der Waals surface area contributed by atoms with Crippen molar-refractivity contribution in [1.82, 2.24) is 14.8 Å².